The summed E-state index contributed by atoms with van der Waals surface area (Å²) >= 11 is 0. The maximum Gasteiger partial charge on any atom is 0.216 e. The molecule has 0 aliphatic heterocycles. The number of methoxy groups -OCH3 is 1. The average Bonchev–Trinajstić information content (AvgIpc) is 2.42. The summed E-state index contributed by atoms with van der Waals surface area (Å²) < 4.78 is 18.7. The van der Waals surface area contributed by atoms with E-state index in [-0.39, 0.29) is 5.82 Å². The van der Waals surface area contributed by atoms with Crippen molar-refractivity contribution < 1.29 is 9.13 Å². The first-order valence-corrected chi connectivity index (χ1v) is 7.42. The summed E-state index contributed by atoms with van der Waals surface area (Å²) in [7, 11) is 1.60. The molecule has 0 radical (unpaired) electrons. The van der Waals surface area contributed by atoms with Crippen molar-refractivity contribution in [1.82, 2.24) is 4.98 Å². The highest BCUT2D eigenvalue weighted by atomic mass is 19.1. The molecule has 0 aliphatic rings. The van der Waals surface area contributed by atoms with E-state index in [0.717, 1.165) is 31.2 Å². The van der Waals surface area contributed by atoms with Gasteiger partial charge < -0.3 is 4.74 Å². The molecule has 0 aliphatic carbocycles. The zero-order valence-electron chi connectivity index (χ0n) is 12.4. The molecule has 0 aromatic carbocycles. The lowest BCUT2D eigenvalue weighted by molar-refractivity contribution is 0.379. The van der Waals surface area contributed by atoms with Gasteiger partial charge in [-0.15, -0.1) is 0 Å². The molecule has 0 fully saturated rings. The number of ether oxygens (including phenoxy) is 1. The van der Waals surface area contributed by atoms with Crippen molar-refractivity contribution >= 4 is 0 Å². The summed E-state index contributed by atoms with van der Waals surface area (Å²) in [6.45, 7) is 4.38. The number of unbranched alkanes of at least 4 members (excludes halogenated alkanes) is 3. The van der Waals surface area contributed by atoms with Crippen molar-refractivity contribution in [2.45, 2.75) is 64.7 Å². The van der Waals surface area contributed by atoms with E-state index in [4.69, 9.17) is 4.74 Å². The Kier molecular flexibility index (Phi) is 7.46. The van der Waals surface area contributed by atoms with E-state index in [2.05, 4.69) is 18.8 Å². The smallest absolute Gasteiger partial charge is 0.216 e. The number of rotatable bonds is 9. The number of hydrogen-bond donors (Lipinski definition) is 0. The summed E-state index contributed by atoms with van der Waals surface area (Å²) in [6.07, 6.45) is 9.35. The topological polar surface area (TPSA) is 22.1 Å². The molecule has 1 rings (SSSR count). The van der Waals surface area contributed by atoms with Crippen LogP contribution in [0.5, 0.6) is 5.88 Å². The third-order valence-corrected chi connectivity index (χ3v) is 3.54. The van der Waals surface area contributed by atoms with Crippen LogP contribution < -0.4 is 4.74 Å². The Labute approximate surface area is 116 Å². The lowest BCUT2D eigenvalue weighted by Crippen LogP contribution is -2.04. The van der Waals surface area contributed by atoms with Gasteiger partial charge in [-0.05, 0) is 24.8 Å². The van der Waals surface area contributed by atoms with Gasteiger partial charge in [-0.3, -0.25) is 0 Å². The van der Waals surface area contributed by atoms with Gasteiger partial charge in [0.25, 0.3) is 0 Å². The van der Waals surface area contributed by atoms with Gasteiger partial charge in [0.05, 0.1) is 13.3 Å². The second-order valence-corrected chi connectivity index (χ2v) is 5.09. The molecule has 0 saturated carbocycles. The normalized spacial score (nSPS) is 12.4. The summed E-state index contributed by atoms with van der Waals surface area (Å²) in [5.41, 5.74) is 0.937. The molecule has 0 amide bonds. The van der Waals surface area contributed by atoms with E-state index in [0.29, 0.717) is 11.8 Å². The Morgan fingerprint density at radius 1 is 1.16 bits per heavy atom. The van der Waals surface area contributed by atoms with Gasteiger partial charge in [0.1, 0.15) is 5.82 Å². The van der Waals surface area contributed by atoms with E-state index < -0.39 is 0 Å². The molecule has 0 spiro atoms. The average molecular weight is 267 g/mol. The lowest BCUT2D eigenvalue weighted by atomic mass is 9.89. The molecular weight excluding hydrogens is 241 g/mol. The van der Waals surface area contributed by atoms with Crippen LogP contribution in [0.2, 0.25) is 0 Å². The molecule has 0 N–H and O–H groups in total. The van der Waals surface area contributed by atoms with Crippen LogP contribution in [-0.2, 0) is 0 Å². The predicted octanol–water partition coefficient (Wildman–Crippen LogP) is 5.08. The summed E-state index contributed by atoms with van der Waals surface area (Å²) in [4.78, 5) is 4.06. The SMILES string of the molecule is CCCCCC(CCCC)c1cc(F)cnc1OC. The minimum absolute atomic E-state index is 0.271. The monoisotopic (exact) mass is 267 g/mol. The zero-order valence-corrected chi connectivity index (χ0v) is 12.4. The van der Waals surface area contributed by atoms with Crippen molar-refractivity contribution in [3.63, 3.8) is 0 Å². The van der Waals surface area contributed by atoms with Crippen LogP contribution in [0.3, 0.4) is 0 Å². The van der Waals surface area contributed by atoms with E-state index in [9.17, 15) is 4.39 Å². The predicted molar refractivity (Wildman–Crippen MR) is 77.2 cm³/mol. The zero-order chi connectivity index (χ0) is 14.1. The number of nitrogens with zero attached hydrogens (tertiary/aromatic N) is 1. The van der Waals surface area contributed by atoms with Crippen LogP contribution in [0.25, 0.3) is 0 Å². The fourth-order valence-corrected chi connectivity index (χ4v) is 2.45. The second-order valence-electron chi connectivity index (χ2n) is 5.09. The van der Waals surface area contributed by atoms with E-state index in [1.54, 1.807) is 13.2 Å². The van der Waals surface area contributed by atoms with E-state index >= 15 is 0 Å². The standard InChI is InChI=1S/C16H26FNO/c1-4-6-8-10-13(9-7-5-2)15-11-14(17)12-18-16(15)19-3/h11-13H,4-10H2,1-3H3. The quantitative estimate of drug-likeness (QED) is 0.582. The van der Waals surface area contributed by atoms with Gasteiger partial charge >= 0.3 is 0 Å². The summed E-state index contributed by atoms with van der Waals surface area (Å²) in [5, 5.41) is 0. The first kappa shape index (κ1) is 15.9. The van der Waals surface area contributed by atoms with E-state index in [1.807, 2.05) is 0 Å². The van der Waals surface area contributed by atoms with Crippen LogP contribution in [-0.4, -0.2) is 12.1 Å². The highest BCUT2D eigenvalue weighted by Gasteiger charge is 2.17. The van der Waals surface area contributed by atoms with Crippen molar-refractivity contribution in [1.29, 1.82) is 0 Å². The minimum Gasteiger partial charge on any atom is -0.481 e. The third kappa shape index (κ3) is 5.17. The molecule has 0 saturated heterocycles. The van der Waals surface area contributed by atoms with Gasteiger partial charge in [-0.1, -0.05) is 46.0 Å². The Morgan fingerprint density at radius 3 is 2.47 bits per heavy atom. The van der Waals surface area contributed by atoms with Crippen molar-refractivity contribution in [2.24, 2.45) is 0 Å². The fraction of sp³-hybridized carbons (Fsp3) is 0.688. The molecule has 1 heterocycles. The lowest BCUT2D eigenvalue weighted by Gasteiger charge is -2.19. The largest absolute Gasteiger partial charge is 0.481 e. The summed E-state index contributed by atoms with van der Waals surface area (Å²) in [6, 6.07) is 1.60. The van der Waals surface area contributed by atoms with Crippen molar-refractivity contribution in [3.8, 4) is 5.88 Å². The van der Waals surface area contributed by atoms with Crippen LogP contribution in [0.1, 0.15) is 70.3 Å². The van der Waals surface area contributed by atoms with Crippen LogP contribution in [0.4, 0.5) is 4.39 Å². The Balaban J connectivity index is 2.84. The Morgan fingerprint density at radius 2 is 1.84 bits per heavy atom. The van der Waals surface area contributed by atoms with E-state index in [1.165, 1.54) is 25.5 Å². The highest BCUT2D eigenvalue weighted by molar-refractivity contribution is 5.30. The highest BCUT2D eigenvalue weighted by Crippen LogP contribution is 2.33. The molecule has 1 aromatic rings. The van der Waals surface area contributed by atoms with Crippen molar-refractivity contribution in [2.75, 3.05) is 7.11 Å². The number of aromatic nitrogens is 1. The number of halogens is 1. The van der Waals surface area contributed by atoms with Crippen molar-refractivity contribution in [3.05, 3.63) is 23.6 Å². The molecule has 3 heteroatoms. The maximum atomic E-state index is 13.4. The van der Waals surface area contributed by atoms with Crippen LogP contribution >= 0.6 is 0 Å². The molecule has 1 aromatic heterocycles. The molecule has 108 valence electrons. The van der Waals surface area contributed by atoms with Gasteiger partial charge in [0.15, 0.2) is 0 Å². The molecule has 1 unspecified atom stereocenters. The molecule has 1 atom stereocenters. The van der Waals surface area contributed by atoms with Crippen LogP contribution in [0.15, 0.2) is 12.3 Å². The van der Waals surface area contributed by atoms with Gasteiger partial charge in [0.2, 0.25) is 5.88 Å². The molecule has 0 bridgehead atoms. The Bertz CT molecular complexity index is 368. The first-order valence-electron chi connectivity index (χ1n) is 7.42. The Hall–Kier alpha value is -1.12. The molecule has 19 heavy (non-hydrogen) atoms. The maximum absolute atomic E-state index is 13.4. The van der Waals surface area contributed by atoms with Gasteiger partial charge in [-0.2, -0.15) is 0 Å². The van der Waals surface area contributed by atoms with Crippen LogP contribution in [0, 0.1) is 5.82 Å². The number of pyridine rings is 1. The summed E-state index contributed by atoms with van der Waals surface area (Å²) in [5.74, 6) is 0.677. The fourth-order valence-electron chi connectivity index (χ4n) is 2.45. The number of hydrogen-bond acceptors (Lipinski definition) is 2. The molecule has 2 nitrogen and oxygen atoms in total. The van der Waals surface area contributed by atoms with Gasteiger partial charge in [0, 0.05) is 5.56 Å². The third-order valence-electron chi connectivity index (χ3n) is 3.54. The minimum atomic E-state index is -0.271. The second kappa shape index (κ2) is 8.89. The van der Waals surface area contributed by atoms with Gasteiger partial charge in [-0.25, -0.2) is 9.37 Å². The molecular formula is C16H26FNO. The first-order chi connectivity index (χ1) is 9.22.